The number of hydrogen-bond acceptors (Lipinski definition) is 4. The van der Waals surface area contributed by atoms with Gasteiger partial charge in [0.15, 0.2) is 0 Å². The van der Waals surface area contributed by atoms with E-state index in [1.807, 2.05) is 19.2 Å². The highest BCUT2D eigenvalue weighted by atomic mass is 16.5. The van der Waals surface area contributed by atoms with E-state index in [9.17, 15) is 0 Å². The summed E-state index contributed by atoms with van der Waals surface area (Å²) in [6.45, 7) is 6.27. The van der Waals surface area contributed by atoms with Crippen LogP contribution in [0.4, 0.5) is 5.69 Å². The summed E-state index contributed by atoms with van der Waals surface area (Å²) < 4.78 is 5.46. The van der Waals surface area contributed by atoms with Crippen molar-refractivity contribution < 1.29 is 4.74 Å². The number of rotatable bonds is 3. The molecule has 1 aromatic rings. The van der Waals surface area contributed by atoms with Crippen molar-refractivity contribution >= 4 is 5.69 Å². The van der Waals surface area contributed by atoms with E-state index < -0.39 is 0 Å². The van der Waals surface area contributed by atoms with Gasteiger partial charge in [0.2, 0.25) is 0 Å². The summed E-state index contributed by atoms with van der Waals surface area (Å²) in [5.41, 5.74) is 1.15. The SMILES string of the molecule is CC=COc1cncc(N2CCCNCCC2)c1. The Morgan fingerprint density at radius 1 is 1.28 bits per heavy atom. The molecule has 1 saturated heterocycles. The summed E-state index contributed by atoms with van der Waals surface area (Å²) in [5, 5.41) is 3.42. The van der Waals surface area contributed by atoms with E-state index in [2.05, 4.69) is 21.3 Å². The number of allylic oxidation sites excluding steroid dienone is 1. The largest absolute Gasteiger partial charge is 0.464 e. The van der Waals surface area contributed by atoms with Crippen LogP contribution in [0.1, 0.15) is 19.8 Å². The van der Waals surface area contributed by atoms with Crippen LogP contribution in [-0.4, -0.2) is 31.2 Å². The number of nitrogens with one attached hydrogen (secondary N) is 1. The van der Waals surface area contributed by atoms with E-state index in [0.717, 1.165) is 37.6 Å². The van der Waals surface area contributed by atoms with E-state index >= 15 is 0 Å². The second kappa shape index (κ2) is 7.01. The standard InChI is InChI=1S/C14H21N3O/c1-2-9-18-14-10-13(11-16-12-14)17-7-3-5-15-6-4-8-17/h2,9-12,15H,3-8H2,1H3. The third kappa shape index (κ3) is 3.74. The van der Waals surface area contributed by atoms with Gasteiger partial charge in [-0.3, -0.25) is 4.98 Å². The number of nitrogens with zero attached hydrogens (tertiary/aromatic N) is 2. The molecule has 0 atom stereocenters. The number of pyridine rings is 1. The van der Waals surface area contributed by atoms with Crippen molar-refractivity contribution in [1.82, 2.24) is 10.3 Å². The van der Waals surface area contributed by atoms with Crippen molar-refractivity contribution in [1.29, 1.82) is 0 Å². The summed E-state index contributed by atoms with van der Waals surface area (Å²) in [4.78, 5) is 6.64. The first-order valence-electron chi connectivity index (χ1n) is 6.58. The topological polar surface area (TPSA) is 37.4 Å². The minimum atomic E-state index is 0.797. The molecule has 2 heterocycles. The van der Waals surface area contributed by atoms with Crippen LogP contribution < -0.4 is 15.0 Å². The molecule has 4 heteroatoms. The molecule has 0 saturated carbocycles. The van der Waals surface area contributed by atoms with Crippen LogP contribution in [0.5, 0.6) is 5.75 Å². The number of ether oxygens (including phenoxy) is 1. The minimum absolute atomic E-state index is 0.797. The van der Waals surface area contributed by atoms with Crippen molar-refractivity contribution in [3.63, 3.8) is 0 Å². The molecule has 0 bridgehead atoms. The van der Waals surface area contributed by atoms with Gasteiger partial charge in [0.25, 0.3) is 0 Å². The van der Waals surface area contributed by atoms with Gasteiger partial charge in [-0.2, -0.15) is 0 Å². The third-order valence-corrected chi connectivity index (χ3v) is 2.97. The lowest BCUT2D eigenvalue weighted by Gasteiger charge is -2.27. The number of aromatic nitrogens is 1. The predicted molar refractivity (Wildman–Crippen MR) is 74.0 cm³/mol. The van der Waals surface area contributed by atoms with Crippen molar-refractivity contribution in [3.05, 3.63) is 30.8 Å². The van der Waals surface area contributed by atoms with Gasteiger partial charge in [0.05, 0.1) is 24.3 Å². The molecule has 0 amide bonds. The molecule has 0 radical (unpaired) electrons. The Bertz CT molecular complexity index is 384. The van der Waals surface area contributed by atoms with Crippen molar-refractivity contribution in [2.75, 3.05) is 31.1 Å². The Morgan fingerprint density at radius 2 is 2.06 bits per heavy atom. The van der Waals surface area contributed by atoms with Crippen LogP contribution in [0, 0.1) is 0 Å². The lowest BCUT2D eigenvalue weighted by atomic mass is 10.2. The second-order valence-corrected chi connectivity index (χ2v) is 4.41. The fourth-order valence-electron chi connectivity index (χ4n) is 2.08. The highest BCUT2D eigenvalue weighted by Crippen LogP contribution is 2.20. The molecule has 1 N–H and O–H groups in total. The molecule has 18 heavy (non-hydrogen) atoms. The maximum atomic E-state index is 5.46. The normalized spacial score (nSPS) is 17.5. The quantitative estimate of drug-likeness (QED) is 0.831. The Kier molecular flexibility index (Phi) is 5.02. The maximum Gasteiger partial charge on any atom is 0.146 e. The van der Waals surface area contributed by atoms with E-state index in [4.69, 9.17) is 4.74 Å². The van der Waals surface area contributed by atoms with Gasteiger partial charge in [-0.05, 0) is 32.9 Å². The molecular formula is C14H21N3O. The zero-order chi connectivity index (χ0) is 12.6. The van der Waals surface area contributed by atoms with Gasteiger partial charge < -0.3 is 15.0 Å². The molecule has 0 aliphatic carbocycles. The molecule has 0 spiro atoms. The number of hydrogen-bond donors (Lipinski definition) is 1. The predicted octanol–water partition coefficient (Wildman–Crippen LogP) is 2.18. The highest BCUT2D eigenvalue weighted by molar-refractivity contribution is 5.48. The Labute approximate surface area is 109 Å². The first-order chi connectivity index (χ1) is 8.90. The smallest absolute Gasteiger partial charge is 0.146 e. The van der Waals surface area contributed by atoms with Crippen LogP contribution in [0.15, 0.2) is 30.8 Å². The lowest BCUT2D eigenvalue weighted by Crippen LogP contribution is -2.33. The maximum absolute atomic E-state index is 5.46. The summed E-state index contributed by atoms with van der Waals surface area (Å²) in [6, 6.07) is 2.06. The number of anilines is 1. The molecule has 1 aromatic heterocycles. The zero-order valence-electron chi connectivity index (χ0n) is 10.9. The average molecular weight is 247 g/mol. The summed E-state index contributed by atoms with van der Waals surface area (Å²) in [7, 11) is 0. The average Bonchev–Trinajstić information content (AvgIpc) is 2.36. The first kappa shape index (κ1) is 12.9. The molecule has 1 fully saturated rings. The molecule has 1 aliphatic rings. The molecule has 0 unspecified atom stereocenters. The van der Waals surface area contributed by atoms with Gasteiger partial charge in [-0.1, -0.05) is 6.08 Å². The fraction of sp³-hybridized carbons (Fsp3) is 0.500. The van der Waals surface area contributed by atoms with Crippen LogP contribution in [0.25, 0.3) is 0 Å². The lowest BCUT2D eigenvalue weighted by molar-refractivity contribution is 0.477. The summed E-state index contributed by atoms with van der Waals surface area (Å²) in [6.07, 6.45) is 9.54. The van der Waals surface area contributed by atoms with Crippen LogP contribution in [-0.2, 0) is 0 Å². The summed E-state index contributed by atoms with van der Waals surface area (Å²) >= 11 is 0. The molecular weight excluding hydrogens is 226 g/mol. The minimum Gasteiger partial charge on any atom is -0.464 e. The fourth-order valence-corrected chi connectivity index (χ4v) is 2.08. The van der Waals surface area contributed by atoms with Gasteiger partial charge in [-0.25, -0.2) is 0 Å². The van der Waals surface area contributed by atoms with Gasteiger partial charge in [0.1, 0.15) is 5.75 Å². The van der Waals surface area contributed by atoms with Crippen LogP contribution in [0.2, 0.25) is 0 Å². The molecule has 98 valence electrons. The van der Waals surface area contributed by atoms with Crippen LogP contribution >= 0.6 is 0 Å². The second-order valence-electron chi connectivity index (χ2n) is 4.41. The van der Waals surface area contributed by atoms with Crippen molar-refractivity contribution in [2.45, 2.75) is 19.8 Å². The Balaban J connectivity index is 2.05. The van der Waals surface area contributed by atoms with E-state index in [1.165, 1.54) is 12.8 Å². The molecule has 2 rings (SSSR count). The molecule has 0 aromatic carbocycles. The van der Waals surface area contributed by atoms with Gasteiger partial charge in [0, 0.05) is 19.2 Å². The van der Waals surface area contributed by atoms with Crippen molar-refractivity contribution in [3.8, 4) is 5.75 Å². The molecule has 1 aliphatic heterocycles. The Morgan fingerprint density at radius 3 is 2.78 bits per heavy atom. The highest BCUT2D eigenvalue weighted by Gasteiger charge is 2.09. The van der Waals surface area contributed by atoms with Gasteiger partial charge in [-0.15, -0.1) is 0 Å². The Hall–Kier alpha value is -1.55. The van der Waals surface area contributed by atoms with E-state index in [-0.39, 0.29) is 0 Å². The van der Waals surface area contributed by atoms with Crippen LogP contribution in [0.3, 0.4) is 0 Å². The third-order valence-electron chi connectivity index (χ3n) is 2.97. The molecule has 4 nitrogen and oxygen atoms in total. The zero-order valence-corrected chi connectivity index (χ0v) is 10.9. The van der Waals surface area contributed by atoms with Crippen molar-refractivity contribution in [2.24, 2.45) is 0 Å². The first-order valence-corrected chi connectivity index (χ1v) is 6.58. The van der Waals surface area contributed by atoms with E-state index in [1.54, 1.807) is 12.5 Å². The monoisotopic (exact) mass is 247 g/mol. The van der Waals surface area contributed by atoms with Gasteiger partial charge >= 0.3 is 0 Å². The van der Waals surface area contributed by atoms with E-state index in [0.29, 0.717) is 0 Å². The summed E-state index contributed by atoms with van der Waals surface area (Å²) in [5.74, 6) is 0.797.